The molecule has 1 aromatic heterocycles. The van der Waals surface area contributed by atoms with Crippen molar-refractivity contribution in [2.75, 3.05) is 0 Å². The van der Waals surface area contributed by atoms with Crippen molar-refractivity contribution >= 4 is 18.5 Å². The second kappa shape index (κ2) is 5.87. The topological polar surface area (TPSA) is 28.7 Å². The molecule has 16 heavy (non-hydrogen) atoms. The average molecular weight is 259 g/mol. The number of imidazole rings is 1. The van der Waals surface area contributed by atoms with Gasteiger partial charge < -0.3 is 4.98 Å². The Hall–Kier alpha value is -0.283. The van der Waals surface area contributed by atoms with Crippen LogP contribution in [0.4, 0.5) is 0 Å². The number of hydrogen-bond donors (Lipinski definition) is 1. The Kier molecular flexibility index (Phi) is 5.06. The van der Waals surface area contributed by atoms with Gasteiger partial charge in [-0.2, -0.15) is 11.1 Å². The molecule has 0 atom stereocenters. The lowest BCUT2D eigenvalue weighted by Crippen LogP contribution is -2.39. The van der Waals surface area contributed by atoms with Crippen molar-refractivity contribution in [3.63, 3.8) is 0 Å². The largest absolute Gasteiger partial charge is 0.351 e. The summed E-state index contributed by atoms with van der Waals surface area (Å²) in [5.74, 6) is 0. The molecule has 2 heterocycles. The number of nitrogens with one attached hydrogen (secondary N) is 1. The molecule has 0 spiro atoms. The lowest BCUT2D eigenvalue weighted by molar-refractivity contribution is 0.646. The first-order chi connectivity index (χ1) is 7.46. The summed E-state index contributed by atoms with van der Waals surface area (Å²) in [5, 5.41) is 0.412. The third-order valence-corrected chi connectivity index (χ3v) is 11.2. The Morgan fingerprint density at radius 1 is 1.19 bits per heavy atom. The molecule has 0 radical (unpaired) electrons. The molecule has 1 aliphatic rings. The molecule has 0 saturated carbocycles. The number of rotatable bonds is 0. The molecule has 0 bridgehead atoms. The molecule has 92 valence electrons. The number of halogens is 1. The highest BCUT2D eigenvalue weighted by atomic mass is 35.6. The fourth-order valence-corrected chi connectivity index (χ4v) is 6.25. The quantitative estimate of drug-likeness (QED) is 0.536. The van der Waals surface area contributed by atoms with Gasteiger partial charge >= 0.3 is 0 Å². The molecule has 1 aliphatic heterocycles. The monoisotopic (exact) mass is 258 g/mol. The molecule has 1 aromatic rings. The molecule has 1 fully saturated rings. The molecule has 1 N–H and O–H groups in total. The third kappa shape index (κ3) is 3.94. The summed E-state index contributed by atoms with van der Waals surface area (Å²) in [4.78, 5) is 6.42. The summed E-state index contributed by atoms with van der Waals surface area (Å²) in [6.45, 7) is 6.95. The van der Waals surface area contributed by atoms with E-state index in [0.717, 1.165) is 0 Å². The van der Waals surface area contributed by atoms with Crippen LogP contribution in [0, 0.1) is 0 Å². The van der Waals surface area contributed by atoms with E-state index in [0.29, 0.717) is 5.04 Å². The average Bonchev–Trinajstić information content (AvgIpc) is 2.75. The predicted octanol–water partition coefficient (Wildman–Crippen LogP) is 4.56. The molecule has 2 rings (SSSR count). The van der Waals surface area contributed by atoms with Gasteiger partial charge in [-0.15, -0.1) is 0 Å². The van der Waals surface area contributed by atoms with Gasteiger partial charge in [0.15, 0.2) is 7.38 Å². The minimum atomic E-state index is -1.37. The van der Waals surface area contributed by atoms with Crippen LogP contribution in [0.1, 0.15) is 40.0 Å². The summed E-state index contributed by atoms with van der Waals surface area (Å²) in [5.41, 5.74) is 0. The standard InChI is InChI=1S/C9H19ClSi.C3H4N2/c1-9(2,3)11(10)7-5-4-6-8-11;1-2-5-3-4-1/h4-8H2,1-3H3;1-3H,(H,4,5). The molecule has 0 aromatic carbocycles. The predicted molar refractivity (Wildman–Crippen MR) is 73.4 cm³/mol. The van der Waals surface area contributed by atoms with Gasteiger partial charge in [-0.25, -0.2) is 4.98 Å². The molecule has 4 heteroatoms. The zero-order valence-electron chi connectivity index (χ0n) is 10.6. The SMILES string of the molecule is CC(C)(C)[Si]1(Cl)CCCCC1.c1c[nH]cn1. The van der Waals surface area contributed by atoms with Crippen LogP contribution >= 0.6 is 11.1 Å². The summed E-state index contributed by atoms with van der Waals surface area (Å²) in [6, 6.07) is 2.69. The van der Waals surface area contributed by atoms with Crippen molar-refractivity contribution in [1.29, 1.82) is 0 Å². The van der Waals surface area contributed by atoms with Gasteiger partial charge in [0, 0.05) is 12.4 Å². The number of nitrogens with zero attached hydrogens (tertiary/aromatic N) is 1. The highest BCUT2D eigenvalue weighted by molar-refractivity contribution is 7.21. The zero-order valence-corrected chi connectivity index (χ0v) is 12.3. The lowest BCUT2D eigenvalue weighted by Gasteiger charge is -2.40. The van der Waals surface area contributed by atoms with Crippen molar-refractivity contribution in [2.45, 2.75) is 57.2 Å². The van der Waals surface area contributed by atoms with Crippen molar-refractivity contribution in [3.8, 4) is 0 Å². The number of aromatic amines is 1. The van der Waals surface area contributed by atoms with E-state index in [1.807, 2.05) is 0 Å². The minimum absolute atomic E-state index is 0.412. The van der Waals surface area contributed by atoms with E-state index in [2.05, 4.69) is 30.7 Å². The Bertz CT molecular complexity index is 256. The fraction of sp³-hybridized carbons (Fsp3) is 0.750. The molecule has 0 aliphatic carbocycles. The van der Waals surface area contributed by atoms with E-state index < -0.39 is 7.38 Å². The molecule has 2 nitrogen and oxygen atoms in total. The van der Waals surface area contributed by atoms with Crippen molar-refractivity contribution < 1.29 is 0 Å². The maximum atomic E-state index is 6.69. The molecular formula is C12H23ClN2Si. The van der Waals surface area contributed by atoms with Gasteiger partial charge in [-0.1, -0.05) is 40.0 Å². The van der Waals surface area contributed by atoms with Gasteiger partial charge in [0.1, 0.15) is 0 Å². The first kappa shape index (κ1) is 13.8. The zero-order chi connectivity index (χ0) is 12.1. The molecule has 0 amide bonds. The second-order valence-electron chi connectivity index (χ2n) is 5.54. The van der Waals surface area contributed by atoms with Gasteiger partial charge in [-0.05, 0) is 17.1 Å². The van der Waals surface area contributed by atoms with Crippen molar-refractivity contribution in [1.82, 2.24) is 9.97 Å². The molecule has 1 saturated heterocycles. The number of hydrogen-bond acceptors (Lipinski definition) is 1. The summed E-state index contributed by atoms with van der Waals surface area (Å²) in [6.07, 6.45) is 9.26. The highest BCUT2D eigenvalue weighted by Gasteiger charge is 2.43. The highest BCUT2D eigenvalue weighted by Crippen LogP contribution is 2.48. The van der Waals surface area contributed by atoms with Gasteiger partial charge in [0.25, 0.3) is 0 Å². The normalized spacial score (nSPS) is 19.8. The molecule has 0 unspecified atom stereocenters. The Balaban J connectivity index is 0.000000212. The molecular weight excluding hydrogens is 236 g/mol. The fourth-order valence-electron chi connectivity index (χ4n) is 2.08. The van der Waals surface area contributed by atoms with Crippen LogP contribution in [0.2, 0.25) is 17.1 Å². The Morgan fingerprint density at radius 2 is 1.81 bits per heavy atom. The van der Waals surface area contributed by atoms with Crippen molar-refractivity contribution in [2.24, 2.45) is 0 Å². The van der Waals surface area contributed by atoms with E-state index >= 15 is 0 Å². The van der Waals surface area contributed by atoms with Crippen LogP contribution in [0.5, 0.6) is 0 Å². The smallest absolute Gasteiger partial charge is 0.161 e. The Morgan fingerprint density at radius 3 is 2.06 bits per heavy atom. The van der Waals surface area contributed by atoms with Crippen molar-refractivity contribution in [3.05, 3.63) is 18.7 Å². The Labute approximate surface area is 105 Å². The van der Waals surface area contributed by atoms with E-state index in [1.54, 1.807) is 18.7 Å². The summed E-state index contributed by atoms with van der Waals surface area (Å²) in [7, 11) is -1.37. The van der Waals surface area contributed by atoms with Crippen LogP contribution in [-0.4, -0.2) is 17.4 Å². The van der Waals surface area contributed by atoms with E-state index in [9.17, 15) is 0 Å². The maximum absolute atomic E-state index is 6.69. The van der Waals surface area contributed by atoms with Gasteiger partial charge in [0.2, 0.25) is 0 Å². The van der Waals surface area contributed by atoms with Crippen LogP contribution < -0.4 is 0 Å². The number of H-pyrrole nitrogens is 1. The first-order valence-electron chi connectivity index (χ1n) is 6.07. The summed E-state index contributed by atoms with van der Waals surface area (Å²) >= 11 is 6.69. The van der Waals surface area contributed by atoms with Crippen LogP contribution in [0.15, 0.2) is 18.7 Å². The third-order valence-electron chi connectivity index (χ3n) is 3.40. The van der Waals surface area contributed by atoms with Crippen LogP contribution in [0.25, 0.3) is 0 Å². The first-order valence-corrected chi connectivity index (χ1v) is 9.50. The second-order valence-corrected chi connectivity index (χ2v) is 12.1. The van der Waals surface area contributed by atoms with Gasteiger partial charge in [0.05, 0.1) is 6.33 Å². The minimum Gasteiger partial charge on any atom is -0.351 e. The van der Waals surface area contributed by atoms with E-state index in [-0.39, 0.29) is 0 Å². The van der Waals surface area contributed by atoms with Crippen LogP contribution in [0.3, 0.4) is 0 Å². The van der Waals surface area contributed by atoms with Gasteiger partial charge in [-0.3, -0.25) is 0 Å². The van der Waals surface area contributed by atoms with E-state index in [4.69, 9.17) is 11.1 Å². The lowest BCUT2D eigenvalue weighted by atomic mass is 10.2. The number of aromatic nitrogens is 2. The maximum Gasteiger partial charge on any atom is 0.161 e. The van der Waals surface area contributed by atoms with E-state index in [1.165, 1.54) is 31.4 Å². The van der Waals surface area contributed by atoms with Crippen LogP contribution in [-0.2, 0) is 0 Å². The summed E-state index contributed by atoms with van der Waals surface area (Å²) < 4.78 is 0.